The van der Waals surface area contributed by atoms with E-state index in [1.54, 1.807) is 12.1 Å². The summed E-state index contributed by atoms with van der Waals surface area (Å²) >= 11 is 0. The van der Waals surface area contributed by atoms with Gasteiger partial charge < -0.3 is 15.7 Å². The number of fused-ring (bicyclic) bond motifs is 1. The van der Waals surface area contributed by atoms with Gasteiger partial charge in [-0.25, -0.2) is 0 Å². The summed E-state index contributed by atoms with van der Waals surface area (Å²) in [6.45, 7) is 2.08. The second kappa shape index (κ2) is 7.38. The number of para-hydroxylation sites is 2. The fraction of sp³-hybridized carbons (Fsp3) is 0.192. The first-order valence-corrected chi connectivity index (χ1v) is 10.3. The van der Waals surface area contributed by atoms with Crippen LogP contribution in [0, 0.1) is 6.92 Å². The van der Waals surface area contributed by atoms with Gasteiger partial charge >= 0.3 is 0 Å². The molecule has 1 heterocycles. The summed E-state index contributed by atoms with van der Waals surface area (Å²) in [5.41, 5.74) is 7.09. The highest BCUT2D eigenvalue weighted by Gasteiger charge is 2.35. The molecule has 150 valence electrons. The molecule has 2 unspecified atom stereocenters. The van der Waals surface area contributed by atoms with Crippen LogP contribution in [0.4, 0.5) is 11.4 Å². The molecular formula is C26H24N2O2. The van der Waals surface area contributed by atoms with Gasteiger partial charge in [-0.1, -0.05) is 54.1 Å². The smallest absolute Gasteiger partial charge is 0.163 e. The van der Waals surface area contributed by atoms with E-state index in [9.17, 15) is 9.90 Å². The standard InChI is InChI=1S/C26H24N2O2/c1-16-6-8-17(9-7-16)19-14-23-25(24(30)15-19)26(18-10-12-20(29)13-11-18)28-22-5-3-2-4-21(22)27-23/h2-13,19,26-29H,14-15H2,1H3. The van der Waals surface area contributed by atoms with Crippen molar-refractivity contribution in [2.75, 3.05) is 10.6 Å². The van der Waals surface area contributed by atoms with Gasteiger partial charge in [0, 0.05) is 17.7 Å². The average Bonchev–Trinajstić information content (AvgIpc) is 2.91. The molecule has 0 aromatic heterocycles. The fourth-order valence-corrected chi connectivity index (χ4v) is 4.48. The van der Waals surface area contributed by atoms with E-state index < -0.39 is 0 Å². The topological polar surface area (TPSA) is 61.4 Å². The third-order valence-corrected chi connectivity index (χ3v) is 6.08. The molecule has 0 saturated carbocycles. The summed E-state index contributed by atoms with van der Waals surface area (Å²) < 4.78 is 0. The lowest BCUT2D eigenvalue weighted by Crippen LogP contribution is -2.26. The molecule has 0 amide bonds. The zero-order chi connectivity index (χ0) is 20.7. The van der Waals surface area contributed by atoms with E-state index in [1.807, 2.05) is 36.4 Å². The van der Waals surface area contributed by atoms with Gasteiger partial charge in [0.25, 0.3) is 0 Å². The zero-order valence-corrected chi connectivity index (χ0v) is 16.9. The van der Waals surface area contributed by atoms with Crippen molar-refractivity contribution in [3.8, 4) is 5.75 Å². The third-order valence-electron chi connectivity index (χ3n) is 6.08. The number of phenolic OH excluding ortho intramolecular Hbond substituents is 1. The number of benzene rings is 3. The monoisotopic (exact) mass is 396 g/mol. The van der Waals surface area contributed by atoms with Crippen LogP contribution in [0.1, 0.15) is 41.5 Å². The number of carbonyl (C=O) groups is 1. The number of aromatic hydroxyl groups is 1. The number of phenols is 1. The lowest BCUT2D eigenvalue weighted by molar-refractivity contribution is -0.116. The maximum atomic E-state index is 13.4. The Balaban J connectivity index is 1.60. The van der Waals surface area contributed by atoms with E-state index in [2.05, 4.69) is 41.8 Å². The van der Waals surface area contributed by atoms with Crippen molar-refractivity contribution in [2.24, 2.45) is 0 Å². The number of rotatable bonds is 2. The molecule has 0 fully saturated rings. The Hall–Kier alpha value is -3.53. The van der Waals surface area contributed by atoms with E-state index in [0.29, 0.717) is 6.42 Å². The molecule has 3 aromatic rings. The van der Waals surface area contributed by atoms with Crippen molar-refractivity contribution in [1.29, 1.82) is 0 Å². The number of ketones is 1. The molecule has 2 atom stereocenters. The summed E-state index contributed by atoms with van der Waals surface area (Å²) in [6, 6.07) is 23.4. The Morgan fingerprint density at radius 1 is 0.833 bits per heavy atom. The summed E-state index contributed by atoms with van der Waals surface area (Å²) in [5.74, 6) is 0.539. The van der Waals surface area contributed by atoms with Gasteiger partial charge in [-0.15, -0.1) is 0 Å². The minimum absolute atomic E-state index is 0.160. The van der Waals surface area contributed by atoms with Crippen LogP contribution in [-0.4, -0.2) is 10.9 Å². The molecule has 2 aliphatic rings. The van der Waals surface area contributed by atoms with E-state index in [1.165, 1.54) is 11.1 Å². The van der Waals surface area contributed by atoms with Crippen LogP contribution in [0.15, 0.2) is 84.1 Å². The number of anilines is 2. The van der Waals surface area contributed by atoms with Crippen molar-refractivity contribution in [2.45, 2.75) is 31.7 Å². The van der Waals surface area contributed by atoms with Crippen molar-refractivity contribution in [3.63, 3.8) is 0 Å². The molecule has 0 bridgehead atoms. The van der Waals surface area contributed by atoms with E-state index in [0.717, 1.165) is 34.6 Å². The average molecular weight is 396 g/mol. The van der Waals surface area contributed by atoms with Gasteiger partial charge in [-0.3, -0.25) is 4.79 Å². The Bertz CT molecular complexity index is 1130. The molecule has 30 heavy (non-hydrogen) atoms. The fourth-order valence-electron chi connectivity index (χ4n) is 4.48. The van der Waals surface area contributed by atoms with Crippen LogP contribution >= 0.6 is 0 Å². The van der Waals surface area contributed by atoms with Crippen LogP contribution in [0.25, 0.3) is 0 Å². The number of aryl methyl sites for hydroxylation is 1. The van der Waals surface area contributed by atoms with Gasteiger partial charge in [0.2, 0.25) is 0 Å². The van der Waals surface area contributed by atoms with Gasteiger partial charge in [-0.05, 0) is 54.7 Å². The Labute approximate surface area is 176 Å². The quantitative estimate of drug-likeness (QED) is 0.521. The predicted molar refractivity (Wildman–Crippen MR) is 120 cm³/mol. The highest BCUT2D eigenvalue weighted by atomic mass is 16.3. The van der Waals surface area contributed by atoms with E-state index in [-0.39, 0.29) is 23.5 Å². The van der Waals surface area contributed by atoms with Gasteiger partial charge in [0.15, 0.2) is 5.78 Å². The van der Waals surface area contributed by atoms with Crippen molar-refractivity contribution in [3.05, 3.63) is 101 Å². The number of allylic oxidation sites excluding steroid dienone is 1. The number of Topliss-reactive ketones (excluding diaryl/α,β-unsaturated/α-hetero) is 1. The molecule has 3 N–H and O–H groups in total. The normalized spacial score (nSPS) is 20.5. The maximum Gasteiger partial charge on any atom is 0.163 e. The first-order valence-electron chi connectivity index (χ1n) is 10.3. The van der Waals surface area contributed by atoms with Crippen LogP contribution in [0.5, 0.6) is 5.75 Å². The molecule has 0 saturated heterocycles. The number of hydrogen-bond acceptors (Lipinski definition) is 4. The summed E-state index contributed by atoms with van der Waals surface area (Å²) in [6.07, 6.45) is 1.28. The number of carbonyl (C=O) groups excluding carboxylic acids is 1. The van der Waals surface area contributed by atoms with E-state index in [4.69, 9.17) is 0 Å². The largest absolute Gasteiger partial charge is 0.508 e. The van der Waals surface area contributed by atoms with Crippen molar-refractivity contribution < 1.29 is 9.90 Å². The minimum atomic E-state index is -0.261. The van der Waals surface area contributed by atoms with Gasteiger partial charge in [0.05, 0.1) is 17.4 Å². The maximum absolute atomic E-state index is 13.4. The molecule has 1 aliphatic heterocycles. The molecule has 4 nitrogen and oxygen atoms in total. The predicted octanol–water partition coefficient (Wildman–Crippen LogP) is 5.68. The summed E-state index contributed by atoms with van der Waals surface area (Å²) in [5, 5.41) is 16.8. The summed E-state index contributed by atoms with van der Waals surface area (Å²) in [7, 11) is 0. The van der Waals surface area contributed by atoms with Crippen LogP contribution in [0.2, 0.25) is 0 Å². The lowest BCUT2D eigenvalue weighted by Gasteiger charge is -2.30. The molecule has 4 heteroatoms. The number of nitrogens with one attached hydrogen (secondary N) is 2. The highest BCUT2D eigenvalue weighted by Crippen LogP contribution is 2.44. The number of hydrogen-bond donors (Lipinski definition) is 3. The third kappa shape index (κ3) is 3.35. The SMILES string of the molecule is Cc1ccc(C2CC(=O)C3=C(C2)Nc2ccccc2NC3c2ccc(O)cc2)cc1. The molecular weight excluding hydrogens is 372 g/mol. The first kappa shape index (κ1) is 18.5. The highest BCUT2D eigenvalue weighted by molar-refractivity contribution is 6.01. The first-order chi connectivity index (χ1) is 14.6. The molecule has 3 aromatic carbocycles. The van der Waals surface area contributed by atoms with Gasteiger partial charge in [0.1, 0.15) is 5.75 Å². The lowest BCUT2D eigenvalue weighted by atomic mass is 9.78. The van der Waals surface area contributed by atoms with Crippen LogP contribution < -0.4 is 10.6 Å². The van der Waals surface area contributed by atoms with Crippen molar-refractivity contribution >= 4 is 17.2 Å². The second-order valence-electron chi connectivity index (χ2n) is 8.17. The summed E-state index contributed by atoms with van der Waals surface area (Å²) in [4.78, 5) is 13.4. The van der Waals surface area contributed by atoms with Gasteiger partial charge in [-0.2, -0.15) is 0 Å². The Morgan fingerprint density at radius 2 is 1.50 bits per heavy atom. The van der Waals surface area contributed by atoms with Crippen LogP contribution in [0.3, 0.4) is 0 Å². The Kier molecular flexibility index (Phi) is 4.55. The molecule has 0 spiro atoms. The molecule has 1 aliphatic carbocycles. The van der Waals surface area contributed by atoms with Crippen LogP contribution in [-0.2, 0) is 4.79 Å². The van der Waals surface area contributed by atoms with E-state index >= 15 is 0 Å². The molecule has 5 rings (SSSR count). The minimum Gasteiger partial charge on any atom is -0.508 e. The zero-order valence-electron chi connectivity index (χ0n) is 16.9. The molecule has 0 radical (unpaired) electrons. The van der Waals surface area contributed by atoms with Crippen molar-refractivity contribution in [1.82, 2.24) is 0 Å². The second-order valence-corrected chi connectivity index (χ2v) is 8.17. The Morgan fingerprint density at radius 3 is 2.23 bits per heavy atom.